The van der Waals surface area contributed by atoms with E-state index >= 15 is 0 Å². The Morgan fingerprint density at radius 1 is 1.33 bits per heavy atom. The number of carbonyl (C=O) groups is 1. The van der Waals surface area contributed by atoms with E-state index in [0.29, 0.717) is 6.42 Å². The zero-order valence-electron chi connectivity index (χ0n) is 10.9. The molecule has 4 nitrogen and oxygen atoms in total. The maximum absolute atomic E-state index is 10.5. The first-order valence-electron chi connectivity index (χ1n) is 6.36. The van der Waals surface area contributed by atoms with Crippen molar-refractivity contribution >= 4 is 5.97 Å². The highest BCUT2D eigenvalue weighted by Crippen LogP contribution is 2.25. The molecule has 0 radical (unpaired) electrons. The molecule has 1 aromatic carbocycles. The number of aliphatic carboxylic acids is 1. The van der Waals surface area contributed by atoms with E-state index in [1.54, 1.807) is 0 Å². The predicted molar refractivity (Wildman–Crippen MR) is 70.2 cm³/mol. The van der Waals surface area contributed by atoms with Gasteiger partial charge in [0, 0.05) is 18.5 Å². The third kappa shape index (κ3) is 3.09. The summed E-state index contributed by atoms with van der Waals surface area (Å²) in [4.78, 5) is 10.5. The first kappa shape index (κ1) is 13.1. The Hall–Kier alpha value is -1.39. The van der Waals surface area contributed by atoms with E-state index in [9.17, 15) is 4.79 Å². The molecule has 2 unspecified atom stereocenters. The van der Waals surface area contributed by atoms with Gasteiger partial charge in [-0.2, -0.15) is 0 Å². The maximum Gasteiger partial charge on any atom is 0.303 e. The van der Waals surface area contributed by atoms with Crippen LogP contribution < -0.4 is 10.9 Å². The van der Waals surface area contributed by atoms with Crippen molar-refractivity contribution in [3.8, 4) is 0 Å². The summed E-state index contributed by atoms with van der Waals surface area (Å²) in [5.74, 6) is -0.730. The highest BCUT2D eigenvalue weighted by atomic mass is 16.4. The van der Waals surface area contributed by atoms with E-state index in [2.05, 4.69) is 42.9 Å². The van der Waals surface area contributed by atoms with Gasteiger partial charge in [-0.15, -0.1) is 0 Å². The normalized spacial score (nSPS) is 23.2. The minimum absolute atomic E-state index is 0.221. The van der Waals surface area contributed by atoms with Crippen molar-refractivity contribution < 1.29 is 9.90 Å². The Kier molecular flexibility index (Phi) is 3.99. The highest BCUT2D eigenvalue weighted by molar-refractivity contribution is 5.66. The number of hydrogen-bond acceptors (Lipinski definition) is 3. The van der Waals surface area contributed by atoms with E-state index in [0.717, 1.165) is 6.42 Å². The quantitative estimate of drug-likeness (QED) is 0.763. The average molecular weight is 248 g/mol. The van der Waals surface area contributed by atoms with Gasteiger partial charge in [0.05, 0.1) is 0 Å². The summed E-state index contributed by atoms with van der Waals surface area (Å²) in [6.07, 6.45) is 1.83. The first-order valence-corrected chi connectivity index (χ1v) is 6.36. The van der Waals surface area contributed by atoms with Gasteiger partial charge in [0.2, 0.25) is 0 Å². The summed E-state index contributed by atoms with van der Waals surface area (Å²) < 4.78 is 0. The van der Waals surface area contributed by atoms with Gasteiger partial charge in [-0.05, 0) is 43.4 Å². The first-order chi connectivity index (χ1) is 8.56. The van der Waals surface area contributed by atoms with Crippen LogP contribution in [0.4, 0.5) is 0 Å². The van der Waals surface area contributed by atoms with Crippen molar-refractivity contribution in [3.63, 3.8) is 0 Å². The summed E-state index contributed by atoms with van der Waals surface area (Å²) in [7, 11) is 0. The monoisotopic (exact) mass is 248 g/mol. The maximum atomic E-state index is 10.5. The molecule has 2 rings (SSSR count). The molecule has 1 fully saturated rings. The lowest BCUT2D eigenvalue weighted by Crippen LogP contribution is -2.31. The molecule has 0 aromatic heterocycles. The van der Waals surface area contributed by atoms with Crippen LogP contribution in [0.1, 0.15) is 42.0 Å². The topological polar surface area (TPSA) is 61.4 Å². The number of carboxylic acid groups (broad SMARTS) is 1. The summed E-state index contributed by atoms with van der Waals surface area (Å²) >= 11 is 0. The van der Waals surface area contributed by atoms with Crippen molar-refractivity contribution in [1.29, 1.82) is 0 Å². The van der Waals surface area contributed by atoms with E-state index in [1.165, 1.54) is 16.7 Å². The Morgan fingerprint density at radius 3 is 2.78 bits per heavy atom. The fourth-order valence-electron chi connectivity index (χ4n) is 2.31. The smallest absolute Gasteiger partial charge is 0.303 e. The number of hydrazine groups is 1. The Bertz CT molecular complexity index is 445. The summed E-state index contributed by atoms with van der Waals surface area (Å²) in [5.41, 5.74) is 10.3. The molecule has 18 heavy (non-hydrogen) atoms. The molecule has 1 heterocycles. The lowest BCUT2D eigenvalue weighted by atomic mass is 9.97. The second-order valence-corrected chi connectivity index (χ2v) is 5.05. The molecule has 3 N–H and O–H groups in total. The molecular formula is C14H20N2O2. The van der Waals surface area contributed by atoms with Crippen molar-refractivity contribution in [2.75, 3.05) is 0 Å². The van der Waals surface area contributed by atoms with Gasteiger partial charge in [0.15, 0.2) is 0 Å². The number of nitrogens with one attached hydrogen (secondary N) is 2. The molecule has 98 valence electrons. The number of rotatable bonds is 4. The second-order valence-electron chi connectivity index (χ2n) is 5.05. The minimum Gasteiger partial charge on any atom is -0.481 e. The predicted octanol–water partition coefficient (Wildman–Crippen LogP) is 2.08. The van der Waals surface area contributed by atoms with Crippen LogP contribution >= 0.6 is 0 Å². The molecule has 1 aliphatic heterocycles. The fourth-order valence-corrected chi connectivity index (χ4v) is 2.31. The lowest BCUT2D eigenvalue weighted by Gasteiger charge is -2.11. The molecule has 0 saturated carbocycles. The standard InChI is InChI=1S/C14H20N2O2/c1-9-3-4-11(7-10(9)2)13-8-12(15-16-13)5-6-14(17)18/h3-4,7,12-13,15-16H,5-6,8H2,1-2H3,(H,17,18). The number of aryl methyl sites for hydroxylation is 2. The fraction of sp³-hybridized carbons (Fsp3) is 0.500. The van der Waals surface area contributed by atoms with Crippen molar-refractivity contribution in [1.82, 2.24) is 10.9 Å². The van der Waals surface area contributed by atoms with Gasteiger partial charge >= 0.3 is 5.97 Å². The van der Waals surface area contributed by atoms with Gasteiger partial charge < -0.3 is 5.11 Å². The van der Waals surface area contributed by atoms with Gasteiger partial charge in [-0.25, -0.2) is 0 Å². The zero-order valence-corrected chi connectivity index (χ0v) is 10.9. The largest absolute Gasteiger partial charge is 0.481 e. The SMILES string of the molecule is Cc1ccc(C2CC(CCC(=O)O)NN2)cc1C. The Balaban J connectivity index is 1.95. The number of hydrogen-bond donors (Lipinski definition) is 3. The van der Waals surface area contributed by atoms with Crippen LogP contribution in [0.3, 0.4) is 0 Å². The van der Waals surface area contributed by atoms with Crippen LogP contribution in [-0.4, -0.2) is 17.1 Å². The Morgan fingerprint density at radius 2 is 2.11 bits per heavy atom. The van der Waals surface area contributed by atoms with Crippen molar-refractivity contribution in [2.24, 2.45) is 0 Å². The number of benzene rings is 1. The molecule has 2 atom stereocenters. The van der Waals surface area contributed by atoms with E-state index in [1.807, 2.05) is 0 Å². The number of carboxylic acids is 1. The molecule has 0 spiro atoms. The molecule has 4 heteroatoms. The van der Waals surface area contributed by atoms with E-state index in [-0.39, 0.29) is 18.5 Å². The molecule has 1 aromatic rings. The zero-order chi connectivity index (χ0) is 13.1. The van der Waals surface area contributed by atoms with E-state index in [4.69, 9.17) is 5.11 Å². The third-order valence-electron chi connectivity index (χ3n) is 3.62. The van der Waals surface area contributed by atoms with Crippen molar-refractivity contribution in [3.05, 3.63) is 34.9 Å². The average Bonchev–Trinajstić information content (AvgIpc) is 2.79. The lowest BCUT2D eigenvalue weighted by molar-refractivity contribution is -0.137. The van der Waals surface area contributed by atoms with Gasteiger partial charge in [0.1, 0.15) is 0 Å². The summed E-state index contributed by atoms with van der Waals surface area (Å²) in [5, 5.41) is 8.68. The Labute approximate surface area is 107 Å². The van der Waals surface area contributed by atoms with Crippen LogP contribution in [-0.2, 0) is 4.79 Å². The molecule has 0 aliphatic carbocycles. The van der Waals surface area contributed by atoms with Crippen LogP contribution in [0.25, 0.3) is 0 Å². The summed E-state index contributed by atoms with van der Waals surface area (Å²) in [6, 6.07) is 7.00. The molecule has 1 saturated heterocycles. The van der Waals surface area contributed by atoms with Gasteiger partial charge in [0.25, 0.3) is 0 Å². The molecule has 0 bridgehead atoms. The van der Waals surface area contributed by atoms with Crippen LogP contribution in [0.2, 0.25) is 0 Å². The van der Waals surface area contributed by atoms with Crippen LogP contribution in [0.15, 0.2) is 18.2 Å². The minimum atomic E-state index is -0.730. The van der Waals surface area contributed by atoms with Crippen molar-refractivity contribution in [2.45, 2.75) is 45.2 Å². The third-order valence-corrected chi connectivity index (χ3v) is 3.62. The second kappa shape index (κ2) is 5.50. The van der Waals surface area contributed by atoms with E-state index < -0.39 is 5.97 Å². The van der Waals surface area contributed by atoms with Crippen LogP contribution in [0.5, 0.6) is 0 Å². The van der Waals surface area contributed by atoms with Gasteiger partial charge in [-0.3, -0.25) is 15.6 Å². The molecular weight excluding hydrogens is 228 g/mol. The summed E-state index contributed by atoms with van der Waals surface area (Å²) in [6.45, 7) is 4.22. The molecule has 1 aliphatic rings. The van der Waals surface area contributed by atoms with Crippen LogP contribution in [0, 0.1) is 13.8 Å². The molecule has 0 amide bonds. The highest BCUT2D eigenvalue weighted by Gasteiger charge is 2.25. The van der Waals surface area contributed by atoms with Gasteiger partial charge in [-0.1, -0.05) is 18.2 Å².